The summed E-state index contributed by atoms with van der Waals surface area (Å²) in [5.74, 6) is 0. The summed E-state index contributed by atoms with van der Waals surface area (Å²) < 4.78 is 7.52. The molecule has 0 aliphatic heterocycles. The summed E-state index contributed by atoms with van der Waals surface area (Å²) in [4.78, 5) is 0. The highest BCUT2D eigenvalue weighted by Gasteiger charge is 2.24. The molecular weight excluding hydrogens is 492 g/mol. The maximum Gasteiger partial charge on any atom is 0.218 e. The Morgan fingerprint density at radius 2 is 1.51 bits per heavy atom. The van der Waals surface area contributed by atoms with Crippen LogP contribution in [0.4, 0.5) is 0 Å². The van der Waals surface area contributed by atoms with Gasteiger partial charge in [-0.15, -0.1) is 11.3 Å². The van der Waals surface area contributed by atoms with Crippen molar-refractivity contribution in [2.24, 2.45) is 0 Å². The van der Waals surface area contributed by atoms with Crippen LogP contribution in [0.3, 0.4) is 0 Å². The zero-order valence-corrected chi connectivity index (χ0v) is 23.3. The van der Waals surface area contributed by atoms with Gasteiger partial charge in [-0.3, -0.25) is 0 Å². The molecule has 0 unspecified atom stereocenters. The van der Waals surface area contributed by atoms with E-state index in [1.54, 1.807) is 0 Å². The number of aryl methyl sites for hydroxylation is 1. The van der Waals surface area contributed by atoms with E-state index in [2.05, 4.69) is 128 Å². The predicted octanol–water partition coefficient (Wildman–Crippen LogP) is 9.70. The molecule has 0 saturated carbocycles. The fourth-order valence-electron chi connectivity index (χ4n) is 6.84. The molecule has 9 aromatic rings. The Kier molecular flexibility index (Phi) is 3.92. The molecule has 0 N–H and O–H groups in total. The molecule has 0 aliphatic rings. The summed E-state index contributed by atoms with van der Waals surface area (Å²) in [5, 5.41) is 10.8. The summed E-state index contributed by atoms with van der Waals surface area (Å²) in [6.45, 7) is 9.08. The second kappa shape index (κ2) is 7.05. The lowest BCUT2D eigenvalue weighted by Gasteiger charge is -2.17. The number of pyridine rings is 2. The molecule has 5 heterocycles. The number of aromatic nitrogens is 2. The van der Waals surface area contributed by atoms with Gasteiger partial charge in [0.05, 0.1) is 21.9 Å². The molecule has 186 valence electrons. The minimum atomic E-state index is 0.0986. The third-order valence-electron chi connectivity index (χ3n) is 8.77. The van der Waals surface area contributed by atoms with E-state index in [9.17, 15) is 0 Å². The van der Waals surface area contributed by atoms with Gasteiger partial charge in [0.15, 0.2) is 12.4 Å². The van der Waals surface area contributed by atoms with E-state index in [0.29, 0.717) is 0 Å². The molecule has 0 atom stereocenters. The molecule has 0 amide bonds. The molecular formula is C36H27N2S+. The summed E-state index contributed by atoms with van der Waals surface area (Å²) in [6, 6.07) is 30.1. The van der Waals surface area contributed by atoms with E-state index in [0.717, 1.165) is 0 Å². The maximum atomic E-state index is 2.53. The second-order valence-corrected chi connectivity index (χ2v) is 13.3. The number of hydrogen-bond acceptors (Lipinski definition) is 1. The molecule has 2 nitrogen and oxygen atoms in total. The maximum absolute atomic E-state index is 2.53. The Morgan fingerprint density at radius 3 is 2.38 bits per heavy atom. The van der Waals surface area contributed by atoms with Crippen LogP contribution in [0.1, 0.15) is 31.9 Å². The van der Waals surface area contributed by atoms with Crippen molar-refractivity contribution in [1.82, 2.24) is 4.40 Å². The average Bonchev–Trinajstić information content (AvgIpc) is 3.56. The fourth-order valence-corrected chi connectivity index (χ4v) is 8.00. The van der Waals surface area contributed by atoms with Gasteiger partial charge in [0, 0.05) is 59.9 Å². The van der Waals surface area contributed by atoms with Gasteiger partial charge >= 0.3 is 0 Å². The normalized spacial score (nSPS) is 13.1. The van der Waals surface area contributed by atoms with Crippen molar-refractivity contribution < 1.29 is 4.40 Å². The lowest BCUT2D eigenvalue weighted by atomic mass is 9.87. The van der Waals surface area contributed by atoms with Crippen molar-refractivity contribution in [2.75, 3.05) is 0 Å². The van der Waals surface area contributed by atoms with Gasteiger partial charge in [-0.25, -0.2) is 0 Å². The van der Waals surface area contributed by atoms with Crippen LogP contribution in [0.5, 0.6) is 0 Å². The highest BCUT2D eigenvalue weighted by Crippen LogP contribution is 2.48. The summed E-state index contributed by atoms with van der Waals surface area (Å²) >= 11 is 1.92. The van der Waals surface area contributed by atoms with Gasteiger partial charge in [0.2, 0.25) is 5.52 Å². The van der Waals surface area contributed by atoms with Gasteiger partial charge < -0.3 is 4.40 Å². The zero-order valence-electron chi connectivity index (χ0n) is 22.5. The highest BCUT2D eigenvalue weighted by atomic mass is 32.1. The Hall–Kier alpha value is -4.21. The Morgan fingerprint density at radius 1 is 0.667 bits per heavy atom. The number of thiophene rings is 1. The van der Waals surface area contributed by atoms with Crippen molar-refractivity contribution in [3.8, 4) is 0 Å². The first-order valence-corrected chi connectivity index (χ1v) is 14.5. The third kappa shape index (κ3) is 2.73. The predicted molar refractivity (Wildman–Crippen MR) is 168 cm³/mol. The highest BCUT2D eigenvalue weighted by molar-refractivity contribution is 7.26. The van der Waals surface area contributed by atoms with Crippen molar-refractivity contribution in [1.29, 1.82) is 0 Å². The molecule has 39 heavy (non-hydrogen) atoms. The standard InChI is InChI=1S/C36H27N2S/c1-20-9-10-28-27(15-20)34-33-23-7-5-6-8-31(23)39-32(33)19-26-25-18-24-21(16-30(25)38(28)35(26)34)11-13-37-14-12-22(17-29(24)37)36(2,3)4/h5-19H,1-4H3/q+1. The molecule has 4 aromatic carbocycles. The van der Waals surface area contributed by atoms with Gasteiger partial charge in [0.25, 0.3) is 0 Å². The lowest BCUT2D eigenvalue weighted by Crippen LogP contribution is -2.23. The summed E-state index contributed by atoms with van der Waals surface area (Å²) in [6.07, 6.45) is 4.41. The third-order valence-corrected chi connectivity index (χ3v) is 9.88. The van der Waals surface area contributed by atoms with E-state index in [-0.39, 0.29) is 5.41 Å². The van der Waals surface area contributed by atoms with Crippen LogP contribution >= 0.6 is 11.3 Å². The van der Waals surface area contributed by atoms with E-state index in [4.69, 9.17) is 0 Å². The van der Waals surface area contributed by atoms with Gasteiger partial charge in [-0.05, 0) is 59.7 Å². The largest absolute Gasteiger partial charge is 0.308 e. The average molecular weight is 520 g/mol. The molecule has 9 rings (SSSR count). The Labute approximate surface area is 229 Å². The Bertz CT molecular complexity index is 2480. The van der Waals surface area contributed by atoms with Gasteiger partial charge in [-0.1, -0.05) is 50.6 Å². The van der Waals surface area contributed by atoms with Crippen molar-refractivity contribution >= 4 is 85.9 Å². The number of nitrogens with zero attached hydrogens (tertiary/aromatic N) is 2. The summed E-state index contributed by atoms with van der Waals surface area (Å²) in [7, 11) is 0. The van der Waals surface area contributed by atoms with E-state index in [1.807, 2.05) is 11.3 Å². The van der Waals surface area contributed by atoms with E-state index >= 15 is 0 Å². The second-order valence-electron chi connectivity index (χ2n) is 12.2. The first kappa shape index (κ1) is 21.7. The zero-order chi connectivity index (χ0) is 26.2. The number of hydrogen-bond donors (Lipinski definition) is 0. The van der Waals surface area contributed by atoms with Crippen molar-refractivity contribution in [3.05, 3.63) is 102 Å². The Balaban J connectivity index is 1.54. The first-order valence-electron chi connectivity index (χ1n) is 13.7. The molecule has 0 fully saturated rings. The van der Waals surface area contributed by atoms with Crippen molar-refractivity contribution in [3.63, 3.8) is 0 Å². The molecule has 5 aromatic heterocycles. The smallest absolute Gasteiger partial charge is 0.218 e. The number of benzene rings is 4. The van der Waals surface area contributed by atoms with Crippen LogP contribution in [0.15, 0.2) is 91.3 Å². The number of fused-ring (bicyclic) bond motifs is 13. The fraction of sp³-hybridized carbons (Fsp3) is 0.139. The van der Waals surface area contributed by atoms with Crippen LogP contribution < -0.4 is 4.40 Å². The van der Waals surface area contributed by atoms with E-state index in [1.165, 1.54) is 85.7 Å². The topological polar surface area (TPSA) is 8.51 Å². The first-order chi connectivity index (χ1) is 18.9. The molecule has 0 spiro atoms. The minimum absolute atomic E-state index is 0.0986. The lowest BCUT2D eigenvalue weighted by molar-refractivity contribution is -0.510. The van der Waals surface area contributed by atoms with Crippen LogP contribution in [0, 0.1) is 6.92 Å². The SMILES string of the molecule is Cc1ccc2c(c1)c1c3c(cc4c5cc6c(cc[n+]7ccc(C(C)(C)C)cc67)cc5n2c41)sc1ccccc13. The molecule has 0 radical (unpaired) electrons. The molecule has 0 bridgehead atoms. The monoisotopic (exact) mass is 519 g/mol. The van der Waals surface area contributed by atoms with E-state index < -0.39 is 0 Å². The van der Waals surface area contributed by atoms with Crippen molar-refractivity contribution in [2.45, 2.75) is 33.1 Å². The van der Waals surface area contributed by atoms with Gasteiger partial charge in [0.1, 0.15) is 0 Å². The molecule has 3 heteroatoms. The van der Waals surface area contributed by atoms with Crippen LogP contribution in [0.2, 0.25) is 0 Å². The number of rotatable bonds is 0. The van der Waals surface area contributed by atoms with Gasteiger partial charge in [-0.2, -0.15) is 4.40 Å². The van der Waals surface area contributed by atoms with Crippen LogP contribution in [-0.2, 0) is 5.41 Å². The summed E-state index contributed by atoms with van der Waals surface area (Å²) in [5.41, 5.74) is 7.96. The van der Waals surface area contributed by atoms with Crippen LogP contribution in [0.25, 0.3) is 74.6 Å². The molecule has 0 saturated heterocycles. The molecule has 0 aliphatic carbocycles. The van der Waals surface area contributed by atoms with Crippen LogP contribution in [-0.4, -0.2) is 4.40 Å². The quantitative estimate of drug-likeness (QED) is 0.139. The minimum Gasteiger partial charge on any atom is -0.308 e.